The monoisotopic (exact) mass is 388 g/mol. The van der Waals surface area contributed by atoms with Crippen LogP contribution in [0.5, 0.6) is 11.5 Å². The Morgan fingerprint density at radius 3 is 2.54 bits per heavy atom. The predicted octanol–water partition coefficient (Wildman–Crippen LogP) is 4.66. The third-order valence-electron chi connectivity index (χ3n) is 3.71. The maximum atomic E-state index is 12.2. The minimum Gasteiger partial charge on any atom is -0.493 e. The Bertz CT molecular complexity index is 909. The molecule has 0 aliphatic rings. The van der Waals surface area contributed by atoms with Gasteiger partial charge >= 0.3 is 0 Å². The van der Waals surface area contributed by atoms with Gasteiger partial charge in [-0.25, -0.2) is 4.98 Å². The fraction of sp³-hybridized carbons (Fsp3) is 0.158. The van der Waals surface area contributed by atoms with Crippen LogP contribution in [-0.4, -0.2) is 25.1 Å². The van der Waals surface area contributed by atoms with Crippen molar-refractivity contribution in [3.8, 4) is 22.8 Å². The van der Waals surface area contributed by atoms with Crippen LogP contribution in [0.3, 0.4) is 0 Å². The number of thiazole rings is 1. The van der Waals surface area contributed by atoms with Gasteiger partial charge in [-0.15, -0.1) is 11.3 Å². The van der Waals surface area contributed by atoms with Gasteiger partial charge in [-0.1, -0.05) is 23.7 Å². The van der Waals surface area contributed by atoms with Gasteiger partial charge in [-0.2, -0.15) is 0 Å². The molecule has 134 valence electrons. The second kappa shape index (κ2) is 8.21. The summed E-state index contributed by atoms with van der Waals surface area (Å²) in [7, 11) is 3.18. The average Bonchev–Trinajstić information content (AvgIpc) is 3.11. The highest BCUT2D eigenvalue weighted by Gasteiger charge is 2.11. The van der Waals surface area contributed by atoms with E-state index in [-0.39, 0.29) is 12.3 Å². The molecule has 0 unspecified atom stereocenters. The van der Waals surface area contributed by atoms with E-state index in [2.05, 4.69) is 10.3 Å². The third kappa shape index (κ3) is 4.33. The Kier molecular flexibility index (Phi) is 5.75. The minimum absolute atomic E-state index is 0.125. The number of amides is 1. The maximum absolute atomic E-state index is 12.2. The number of carbonyl (C=O) groups excluding carboxylic acids is 1. The summed E-state index contributed by atoms with van der Waals surface area (Å²) in [5.74, 6) is 1.16. The van der Waals surface area contributed by atoms with Crippen LogP contribution in [0.1, 0.15) is 5.56 Å². The topological polar surface area (TPSA) is 60.5 Å². The van der Waals surface area contributed by atoms with E-state index in [9.17, 15) is 4.79 Å². The minimum atomic E-state index is -0.125. The molecule has 3 aromatic rings. The smallest absolute Gasteiger partial charge is 0.230 e. The molecule has 0 atom stereocenters. The van der Waals surface area contributed by atoms with Crippen molar-refractivity contribution in [2.75, 3.05) is 19.5 Å². The Balaban J connectivity index is 1.69. The van der Waals surface area contributed by atoms with Gasteiger partial charge in [0.25, 0.3) is 0 Å². The molecule has 1 aromatic heterocycles. The van der Waals surface area contributed by atoms with Crippen LogP contribution >= 0.6 is 22.9 Å². The number of methoxy groups -OCH3 is 2. The van der Waals surface area contributed by atoms with Crippen LogP contribution in [0.25, 0.3) is 11.3 Å². The Morgan fingerprint density at radius 1 is 1.12 bits per heavy atom. The van der Waals surface area contributed by atoms with Gasteiger partial charge in [-0.05, 0) is 35.9 Å². The van der Waals surface area contributed by atoms with Gasteiger partial charge in [-0.3, -0.25) is 4.79 Å². The summed E-state index contributed by atoms with van der Waals surface area (Å²) >= 11 is 7.23. The van der Waals surface area contributed by atoms with E-state index in [0.717, 1.165) is 16.8 Å². The Hall–Kier alpha value is -2.57. The number of hydrogen-bond acceptors (Lipinski definition) is 5. The second-order valence-corrected chi connectivity index (χ2v) is 6.75. The largest absolute Gasteiger partial charge is 0.493 e. The molecular formula is C19H17ClN2O3S. The maximum Gasteiger partial charge on any atom is 0.230 e. The van der Waals surface area contributed by atoms with E-state index in [1.807, 2.05) is 35.7 Å². The molecule has 1 N–H and O–H groups in total. The van der Waals surface area contributed by atoms with Crippen molar-refractivity contribution >= 4 is 34.0 Å². The van der Waals surface area contributed by atoms with Crippen LogP contribution in [-0.2, 0) is 11.2 Å². The fourth-order valence-corrected chi connectivity index (χ4v) is 3.27. The fourth-order valence-electron chi connectivity index (χ4n) is 2.41. The molecule has 1 heterocycles. The Morgan fingerprint density at radius 2 is 1.85 bits per heavy atom. The molecule has 2 aromatic carbocycles. The van der Waals surface area contributed by atoms with Crippen molar-refractivity contribution in [3.63, 3.8) is 0 Å². The second-order valence-electron chi connectivity index (χ2n) is 5.46. The first kappa shape index (κ1) is 18.2. The van der Waals surface area contributed by atoms with E-state index < -0.39 is 0 Å². The van der Waals surface area contributed by atoms with Crippen LogP contribution in [0.4, 0.5) is 5.13 Å². The zero-order valence-electron chi connectivity index (χ0n) is 14.3. The predicted molar refractivity (Wildman–Crippen MR) is 104 cm³/mol. The zero-order valence-corrected chi connectivity index (χ0v) is 15.9. The molecule has 0 radical (unpaired) electrons. The highest BCUT2D eigenvalue weighted by molar-refractivity contribution is 7.14. The highest BCUT2D eigenvalue weighted by atomic mass is 35.5. The molecule has 5 nitrogen and oxygen atoms in total. The lowest BCUT2D eigenvalue weighted by Crippen LogP contribution is -2.14. The molecule has 0 spiro atoms. The zero-order chi connectivity index (χ0) is 18.5. The summed E-state index contributed by atoms with van der Waals surface area (Å²) in [6.07, 6.45) is 0.266. The van der Waals surface area contributed by atoms with E-state index in [1.54, 1.807) is 26.4 Å². The van der Waals surface area contributed by atoms with Crippen molar-refractivity contribution < 1.29 is 14.3 Å². The lowest BCUT2D eigenvalue weighted by Gasteiger charge is -2.08. The van der Waals surface area contributed by atoms with Crippen molar-refractivity contribution in [2.24, 2.45) is 0 Å². The molecule has 0 bridgehead atoms. The SMILES string of the molecule is COc1ccc(-c2csc(NC(=O)Cc3ccc(Cl)cc3)n2)cc1OC. The quantitative estimate of drug-likeness (QED) is 0.667. The van der Waals surface area contributed by atoms with Crippen molar-refractivity contribution in [1.82, 2.24) is 4.98 Å². The number of nitrogens with zero attached hydrogens (tertiary/aromatic N) is 1. The molecule has 3 rings (SSSR count). The third-order valence-corrected chi connectivity index (χ3v) is 4.72. The summed E-state index contributed by atoms with van der Waals surface area (Å²) in [6.45, 7) is 0. The molecule has 0 saturated heterocycles. The number of carbonyl (C=O) groups is 1. The molecule has 26 heavy (non-hydrogen) atoms. The van der Waals surface area contributed by atoms with E-state index in [1.165, 1.54) is 11.3 Å². The molecule has 0 aliphatic carbocycles. The van der Waals surface area contributed by atoms with Gasteiger partial charge in [0, 0.05) is 16.0 Å². The average molecular weight is 389 g/mol. The van der Waals surface area contributed by atoms with Crippen molar-refractivity contribution in [3.05, 3.63) is 58.4 Å². The number of benzene rings is 2. The van der Waals surface area contributed by atoms with Gasteiger partial charge in [0.2, 0.25) is 5.91 Å². The van der Waals surface area contributed by atoms with Gasteiger partial charge in [0.1, 0.15) is 0 Å². The molecular weight excluding hydrogens is 372 g/mol. The molecule has 7 heteroatoms. The van der Waals surface area contributed by atoms with Crippen LogP contribution in [0, 0.1) is 0 Å². The molecule has 0 aliphatic heterocycles. The van der Waals surface area contributed by atoms with Gasteiger partial charge < -0.3 is 14.8 Å². The highest BCUT2D eigenvalue weighted by Crippen LogP contribution is 2.33. The summed E-state index contributed by atoms with van der Waals surface area (Å²) in [5.41, 5.74) is 2.54. The van der Waals surface area contributed by atoms with Crippen molar-refractivity contribution in [1.29, 1.82) is 0 Å². The van der Waals surface area contributed by atoms with Crippen LogP contribution in [0.2, 0.25) is 5.02 Å². The normalized spacial score (nSPS) is 10.4. The van der Waals surface area contributed by atoms with E-state index in [4.69, 9.17) is 21.1 Å². The van der Waals surface area contributed by atoms with Gasteiger partial charge in [0.05, 0.1) is 26.3 Å². The number of ether oxygens (including phenoxy) is 2. The summed E-state index contributed by atoms with van der Waals surface area (Å²) in [5, 5.41) is 5.91. The summed E-state index contributed by atoms with van der Waals surface area (Å²) in [6, 6.07) is 12.8. The first-order valence-electron chi connectivity index (χ1n) is 7.81. The summed E-state index contributed by atoms with van der Waals surface area (Å²) < 4.78 is 10.6. The van der Waals surface area contributed by atoms with Gasteiger partial charge in [0.15, 0.2) is 16.6 Å². The number of aromatic nitrogens is 1. The number of nitrogens with one attached hydrogen (secondary N) is 1. The van der Waals surface area contributed by atoms with Crippen molar-refractivity contribution in [2.45, 2.75) is 6.42 Å². The summed E-state index contributed by atoms with van der Waals surface area (Å²) in [4.78, 5) is 16.7. The first-order valence-corrected chi connectivity index (χ1v) is 9.07. The lowest BCUT2D eigenvalue weighted by atomic mass is 10.1. The van der Waals surface area contributed by atoms with Crippen LogP contribution < -0.4 is 14.8 Å². The first-order chi connectivity index (χ1) is 12.6. The standard InChI is InChI=1S/C19H17ClN2O3S/c1-24-16-8-5-13(10-17(16)25-2)15-11-26-19(21-15)22-18(23)9-12-3-6-14(20)7-4-12/h3-8,10-11H,9H2,1-2H3,(H,21,22,23). The number of rotatable bonds is 6. The molecule has 0 saturated carbocycles. The lowest BCUT2D eigenvalue weighted by molar-refractivity contribution is -0.115. The number of hydrogen-bond donors (Lipinski definition) is 1. The Labute approximate surface area is 160 Å². The molecule has 1 amide bonds. The molecule has 0 fully saturated rings. The number of halogens is 1. The number of anilines is 1. The van der Waals surface area contributed by atoms with E-state index in [0.29, 0.717) is 21.7 Å². The van der Waals surface area contributed by atoms with Crippen LogP contribution in [0.15, 0.2) is 47.8 Å². The van der Waals surface area contributed by atoms with E-state index >= 15 is 0 Å².